The summed E-state index contributed by atoms with van der Waals surface area (Å²) in [4.78, 5) is 19.2. The van der Waals surface area contributed by atoms with E-state index in [0.717, 1.165) is 11.4 Å². The summed E-state index contributed by atoms with van der Waals surface area (Å²) < 4.78 is 15.3. The highest BCUT2D eigenvalue weighted by molar-refractivity contribution is 7.80. The van der Waals surface area contributed by atoms with Gasteiger partial charge in [0.2, 0.25) is 5.91 Å². The van der Waals surface area contributed by atoms with Gasteiger partial charge in [0.1, 0.15) is 5.82 Å². The minimum absolute atomic E-state index is 0.103. The second-order valence-corrected chi connectivity index (χ2v) is 8.45. The predicted molar refractivity (Wildman–Crippen MR) is 127 cm³/mol. The minimum Gasteiger partial charge on any atom is -0.352 e. The summed E-state index contributed by atoms with van der Waals surface area (Å²) in [5, 5.41) is 6.82. The Morgan fingerprint density at radius 2 is 1.97 bits per heavy atom. The highest BCUT2D eigenvalue weighted by Gasteiger charge is 2.41. The fraction of sp³-hybridized carbons (Fsp3) is 0.292. The lowest BCUT2D eigenvalue weighted by Gasteiger charge is -2.29. The van der Waals surface area contributed by atoms with E-state index in [1.165, 1.54) is 12.1 Å². The molecule has 8 heteroatoms. The summed E-state index contributed by atoms with van der Waals surface area (Å²) in [5.41, 5.74) is 2.58. The second-order valence-electron chi connectivity index (χ2n) is 8.06. The van der Waals surface area contributed by atoms with Gasteiger partial charge in [-0.05, 0) is 74.6 Å². The first-order valence-electron chi connectivity index (χ1n) is 10.6. The van der Waals surface area contributed by atoms with Crippen LogP contribution in [-0.2, 0) is 4.79 Å². The van der Waals surface area contributed by atoms with Crippen molar-refractivity contribution in [3.05, 3.63) is 84.2 Å². The number of aromatic nitrogens is 2. The number of pyridine rings is 1. The van der Waals surface area contributed by atoms with Crippen LogP contribution in [0.4, 0.5) is 10.1 Å². The predicted octanol–water partition coefficient (Wildman–Crippen LogP) is 4.60. The lowest BCUT2D eigenvalue weighted by atomic mass is 10.0. The van der Waals surface area contributed by atoms with Gasteiger partial charge in [0.25, 0.3) is 0 Å². The van der Waals surface area contributed by atoms with Crippen LogP contribution in [0.15, 0.2) is 67.0 Å². The van der Waals surface area contributed by atoms with Gasteiger partial charge >= 0.3 is 0 Å². The molecule has 0 saturated carbocycles. The highest BCUT2D eigenvalue weighted by atomic mass is 32.1. The minimum atomic E-state index is -0.340. The highest BCUT2D eigenvalue weighted by Crippen LogP contribution is 2.39. The molecule has 0 bridgehead atoms. The van der Waals surface area contributed by atoms with Crippen LogP contribution in [0, 0.1) is 5.82 Å². The van der Waals surface area contributed by atoms with Gasteiger partial charge in [-0.15, -0.1) is 0 Å². The smallest absolute Gasteiger partial charge is 0.226 e. The standard InChI is InChI=1S/C24H26FN5OS/c1-16(2)29-14-5-7-20(29)23-22(19-6-3-4-13-26-19)28-24(32)30(23)15-12-21(31)27-18-10-8-17(25)9-11-18/h3-11,13-14,16,22-23H,12,15H2,1-2H3,(H,27,31)(H,28,32). The van der Waals surface area contributed by atoms with Crippen molar-refractivity contribution in [3.63, 3.8) is 0 Å². The second kappa shape index (κ2) is 9.48. The zero-order valence-electron chi connectivity index (χ0n) is 18.0. The lowest BCUT2D eigenvalue weighted by Crippen LogP contribution is -2.33. The number of hydrogen-bond donors (Lipinski definition) is 2. The van der Waals surface area contributed by atoms with Crippen molar-refractivity contribution in [1.29, 1.82) is 0 Å². The maximum absolute atomic E-state index is 13.1. The third-order valence-corrected chi connectivity index (χ3v) is 5.93. The zero-order chi connectivity index (χ0) is 22.7. The summed E-state index contributed by atoms with van der Waals surface area (Å²) >= 11 is 5.68. The molecule has 1 amide bonds. The quantitative estimate of drug-likeness (QED) is 0.514. The van der Waals surface area contributed by atoms with Gasteiger partial charge in [0.05, 0.1) is 17.8 Å². The van der Waals surface area contributed by atoms with E-state index in [0.29, 0.717) is 17.3 Å². The SMILES string of the molecule is CC(C)n1cccc1C1C(c2ccccn2)NC(=S)N1CCC(=O)Nc1ccc(F)cc1. The fourth-order valence-corrected chi connectivity index (χ4v) is 4.41. The number of benzene rings is 1. The molecule has 0 spiro atoms. The first-order valence-corrected chi connectivity index (χ1v) is 11.0. The third-order valence-electron chi connectivity index (χ3n) is 5.58. The van der Waals surface area contributed by atoms with E-state index in [4.69, 9.17) is 12.2 Å². The molecule has 3 aromatic rings. The number of carbonyl (C=O) groups excluding carboxylic acids is 1. The summed E-state index contributed by atoms with van der Waals surface area (Å²) in [7, 11) is 0. The van der Waals surface area contributed by atoms with Crippen molar-refractivity contribution >= 4 is 28.9 Å². The first kappa shape index (κ1) is 22.0. The molecule has 166 valence electrons. The maximum Gasteiger partial charge on any atom is 0.226 e. The van der Waals surface area contributed by atoms with Crippen molar-refractivity contribution in [3.8, 4) is 0 Å². The Hall–Kier alpha value is -3.26. The van der Waals surface area contributed by atoms with Crippen LogP contribution in [0.5, 0.6) is 0 Å². The average molecular weight is 452 g/mol. The lowest BCUT2D eigenvalue weighted by molar-refractivity contribution is -0.116. The topological polar surface area (TPSA) is 62.2 Å². The normalized spacial score (nSPS) is 18.1. The zero-order valence-corrected chi connectivity index (χ0v) is 18.8. The molecular formula is C24H26FN5OS. The van der Waals surface area contributed by atoms with Crippen molar-refractivity contribution in [2.24, 2.45) is 0 Å². The number of nitrogens with one attached hydrogen (secondary N) is 2. The van der Waals surface area contributed by atoms with Crippen molar-refractivity contribution in [1.82, 2.24) is 19.8 Å². The number of halogens is 1. The van der Waals surface area contributed by atoms with Crippen molar-refractivity contribution in [2.75, 3.05) is 11.9 Å². The van der Waals surface area contributed by atoms with E-state index in [1.807, 2.05) is 24.3 Å². The summed E-state index contributed by atoms with van der Waals surface area (Å²) in [6.07, 6.45) is 4.08. The van der Waals surface area contributed by atoms with E-state index in [-0.39, 0.29) is 36.3 Å². The van der Waals surface area contributed by atoms with Crippen LogP contribution in [0.2, 0.25) is 0 Å². The molecule has 1 fully saturated rings. The molecule has 1 aromatic carbocycles. The number of hydrogen-bond acceptors (Lipinski definition) is 3. The monoisotopic (exact) mass is 451 g/mol. The summed E-state index contributed by atoms with van der Waals surface area (Å²) in [5.74, 6) is -0.494. The van der Waals surface area contributed by atoms with E-state index in [1.54, 1.807) is 18.3 Å². The molecule has 1 saturated heterocycles. The molecule has 1 aliphatic rings. The van der Waals surface area contributed by atoms with E-state index in [9.17, 15) is 9.18 Å². The maximum atomic E-state index is 13.1. The van der Waals surface area contributed by atoms with Gasteiger partial charge in [0, 0.05) is 42.8 Å². The molecule has 32 heavy (non-hydrogen) atoms. The molecule has 2 unspecified atom stereocenters. The number of anilines is 1. The Morgan fingerprint density at radius 3 is 2.66 bits per heavy atom. The Kier molecular flexibility index (Phi) is 6.50. The molecule has 2 N–H and O–H groups in total. The first-order chi connectivity index (χ1) is 15.4. The Bertz CT molecular complexity index is 1080. The molecule has 3 heterocycles. The molecule has 1 aliphatic heterocycles. The van der Waals surface area contributed by atoms with Gasteiger partial charge in [0.15, 0.2) is 5.11 Å². The molecule has 0 radical (unpaired) electrons. The van der Waals surface area contributed by atoms with Crippen LogP contribution >= 0.6 is 12.2 Å². The molecule has 0 aliphatic carbocycles. The Morgan fingerprint density at radius 1 is 1.19 bits per heavy atom. The number of carbonyl (C=O) groups is 1. The Balaban J connectivity index is 1.56. The summed E-state index contributed by atoms with van der Waals surface area (Å²) in [6.45, 7) is 4.72. The number of nitrogens with zero attached hydrogens (tertiary/aromatic N) is 3. The van der Waals surface area contributed by atoms with Gasteiger partial charge in [-0.25, -0.2) is 4.39 Å². The fourth-order valence-electron chi connectivity index (χ4n) is 4.07. The van der Waals surface area contributed by atoms with Crippen LogP contribution in [0.25, 0.3) is 0 Å². The molecule has 2 atom stereocenters. The number of rotatable bonds is 7. The summed E-state index contributed by atoms with van der Waals surface area (Å²) in [6, 6.07) is 15.8. The molecule has 6 nitrogen and oxygen atoms in total. The van der Waals surface area contributed by atoms with E-state index in [2.05, 4.69) is 51.2 Å². The number of amides is 1. The molecule has 2 aromatic heterocycles. The van der Waals surface area contributed by atoms with Crippen molar-refractivity contribution < 1.29 is 9.18 Å². The Labute approximate surface area is 192 Å². The van der Waals surface area contributed by atoms with Crippen LogP contribution in [0.1, 0.15) is 49.8 Å². The van der Waals surface area contributed by atoms with Crippen molar-refractivity contribution in [2.45, 2.75) is 38.4 Å². The van der Waals surface area contributed by atoms with Crippen LogP contribution < -0.4 is 10.6 Å². The average Bonchev–Trinajstić information content (AvgIpc) is 3.39. The molecule has 4 rings (SSSR count). The molecular weight excluding hydrogens is 425 g/mol. The largest absolute Gasteiger partial charge is 0.352 e. The van der Waals surface area contributed by atoms with Gasteiger partial charge < -0.3 is 20.1 Å². The van der Waals surface area contributed by atoms with Crippen LogP contribution in [0.3, 0.4) is 0 Å². The van der Waals surface area contributed by atoms with E-state index >= 15 is 0 Å². The van der Waals surface area contributed by atoms with Gasteiger partial charge in [-0.1, -0.05) is 6.07 Å². The number of thiocarbonyl (C=S) groups is 1. The van der Waals surface area contributed by atoms with Gasteiger partial charge in [-0.2, -0.15) is 0 Å². The third kappa shape index (κ3) is 4.65. The van der Waals surface area contributed by atoms with E-state index < -0.39 is 0 Å². The van der Waals surface area contributed by atoms with Crippen LogP contribution in [-0.4, -0.2) is 32.0 Å². The van der Waals surface area contributed by atoms with Gasteiger partial charge in [-0.3, -0.25) is 9.78 Å².